The van der Waals surface area contributed by atoms with Gasteiger partial charge in [-0.15, -0.1) is 5.10 Å². The number of carboxylic acids is 1. The van der Waals surface area contributed by atoms with Gasteiger partial charge in [0.25, 0.3) is 0 Å². The fraction of sp³-hybridized carbons (Fsp3) is 0.320. The molecule has 2 bridgehead atoms. The zero-order valence-corrected chi connectivity index (χ0v) is 18.7. The van der Waals surface area contributed by atoms with E-state index in [1.54, 1.807) is 15.7 Å². The van der Waals surface area contributed by atoms with Gasteiger partial charge in [-0.2, -0.15) is 4.68 Å². The minimum atomic E-state index is -1.02. The standard InChI is InChI=1S/C25H23N5O4/c1-14-7-6-8-15(2)20(14)30-22(26-27-28-30)21(16-9-4-3-5-10-16)29-13-25-12-11-17(34-25)18(24(32)33)19(25)23(29)31/h3-12,17-19,21H,13H2,1-2H3,(H,32,33)/t17-,18-,19+,21+,25-/m1/s1. The Morgan fingerprint density at radius 3 is 2.59 bits per heavy atom. The first kappa shape index (κ1) is 20.7. The van der Waals surface area contributed by atoms with E-state index >= 15 is 0 Å². The van der Waals surface area contributed by atoms with Crippen molar-refractivity contribution in [2.75, 3.05) is 6.54 Å². The number of aliphatic carboxylic acids is 1. The van der Waals surface area contributed by atoms with E-state index in [-0.39, 0.29) is 12.5 Å². The van der Waals surface area contributed by atoms with E-state index in [1.807, 2.05) is 68.5 Å². The second kappa shape index (κ2) is 7.33. The predicted molar refractivity (Wildman–Crippen MR) is 120 cm³/mol. The Morgan fingerprint density at radius 1 is 1.15 bits per heavy atom. The van der Waals surface area contributed by atoms with Crippen LogP contribution in [0.3, 0.4) is 0 Å². The summed E-state index contributed by atoms with van der Waals surface area (Å²) in [5.74, 6) is -2.49. The van der Waals surface area contributed by atoms with Crippen molar-refractivity contribution in [3.05, 3.63) is 83.2 Å². The third-order valence-corrected chi connectivity index (χ3v) is 7.23. The molecule has 0 radical (unpaired) electrons. The van der Waals surface area contributed by atoms with Gasteiger partial charge in [0, 0.05) is 0 Å². The van der Waals surface area contributed by atoms with Crippen LogP contribution in [0.4, 0.5) is 0 Å². The molecule has 0 unspecified atom stereocenters. The van der Waals surface area contributed by atoms with Crippen molar-refractivity contribution in [1.29, 1.82) is 0 Å². The Hall–Kier alpha value is -3.85. The summed E-state index contributed by atoms with van der Waals surface area (Å²) in [5.41, 5.74) is 2.74. The number of hydrogen-bond donors (Lipinski definition) is 1. The summed E-state index contributed by atoms with van der Waals surface area (Å²) in [6.07, 6.45) is 3.05. The lowest BCUT2D eigenvalue weighted by molar-refractivity contribution is -0.148. The Morgan fingerprint density at radius 2 is 1.88 bits per heavy atom. The van der Waals surface area contributed by atoms with Crippen LogP contribution in [0.2, 0.25) is 0 Å². The number of amides is 1. The molecule has 3 aliphatic rings. The highest BCUT2D eigenvalue weighted by molar-refractivity contribution is 5.91. The summed E-state index contributed by atoms with van der Waals surface area (Å²) >= 11 is 0. The van der Waals surface area contributed by atoms with Crippen molar-refractivity contribution in [3.63, 3.8) is 0 Å². The van der Waals surface area contributed by atoms with Crippen LogP contribution in [-0.4, -0.2) is 60.3 Å². The molecule has 2 fully saturated rings. The average molecular weight is 457 g/mol. The fourth-order valence-electron chi connectivity index (χ4n) is 5.80. The maximum absolute atomic E-state index is 13.8. The zero-order valence-electron chi connectivity index (χ0n) is 18.7. The zero-order chi connectivity index (χ0) is 23.6. The Balaban J connectivity index is 1.50. The summed E-state index contributed by atoms with van der Waals surface area (Å²) in [6, 6.07) is 14.9. The van der Waals surface area contributed by atoms with E-state index in [0.717, 1.165) is 22.4 Å². The van der Waals surface area contributed by atoms with E-state index < -0.39 is 35.6 Å². The van der Waals surface area contributed by atoms with Crippen LogP contribution in [0, 0.1) is 25.7 Å². The third-order valence-electron chi connectivity index (χ3n) is 7.23. The molecule has 1 aromatic heterocycles. The van der Waals surface area contributed by atoms with Gasteiger partial charge in [0.1, 0.15) is 17.6 Å². The molecule has 4 heterocycles. The number of carbonyl (C=O) groups excluding carboxylic acids is 1. The highest BCUT2D eigenvalue weighted by atomic mass is 16.5. The highest BCUT2D eigenvalue weighted by Crippen LogP contribution is 2.53. The number of benzene rings is 2. The van der Waals surface area contributed by atoms with Crippen LogP contribution in [0.15, 0.2) is 60.7 Å². The lowest BCUT2D eigenvalue weighted by atomic mass is 9.77. The molecule has 9 heteroatoms. The molecule has 3 aromatic rings. The van der Waals surface area contributed by atoms with E-state index in [4.69, 9.17) is 4.74 Å². The summed E-state index contributed by atoms with van der Waals surface area (Å²) in [6.45, 7) is 4.21. The molecule has 9 nitrogen and oxygen atoms in total. The van der Waals surface area contributed by atoms with Gasteiger partial charge in [-0.3, -0.25) is 9.59 Å². The van der Waals surface area contributed by atoms with E-state index in [2.05, 4.69) is 15.5 Å². The molecule has 0 saturated carbocycles. The number of para-hydroxylation sites is 1. The molecule has 2 saturated heterocycles. The molecule has 1 spiro atoms. The quantitative estimate of drug-likeness (QED) is 0.585. The van der Waals surface area contributed by atoms with Crippen LogP contribution < -0.4 is 0 Å². The van der Waals surface area contributed by atoms with Gasteiger partial charge in [0.2, 0.25) is 5.91 Å². The lowest BCUT2D eigenvalue weighted by Crippen LogP contribution is -2.39. The first-order chi connectivity index (χ1) is 16.4. The van der Waals surface area contributed by atoms with Crippen LogP contribution in [0.5, 0.6) is 0 Å². The SMILES string of the molecule is Cc1cccc(C)c1-n1nnnc1[C@H](c1ccccc1)N1C[C@@]23C=C[C@@H](O2)[C@@H](C(=O)O)[C@H]3C1=O. The summed E-state index contributed by atoms with van der Waals surface area (Å²) in [7, 11) is 0. The highest BCUT2D eigenvalue weighted by Gasteiger charge is 2.68. The van der Waals surface area contributed by atoms with Crippen molar-refractivity contribution < 1.29 is 19.4 Å². The Bertz CT molecular complexity index is 1320. The monoisotopic (exact) mass is 457 g/mol. The number of carboxylic acid groups (broad SMARTS) is 1. The molecule has 172 valence electrons. The minimum Gasteiger partial charge on any atom is -0.481 e. The van der Waals surface area contributed by atoms with Crippen LogP contribution in [-0.2, 0) is 14.3 Å². The molecule has 1 N–H and O–H groups in total. The second-order valence-electron chi connectivity index (χ2n) is 9.21. The van der Waals surface area contributed by atoms with Gasteiger partial charge in [-0.1, -0.05) is 60.7 Å². The normalized spacial score (nSPS) is 27.9. The maximum atomic E-state index is 13.8. The van der Waals surface area contributed by atoms with Crippen LogP contribution >= 0.6 is 0 Å². The number of aryl methyl sites for hydroxylation is 2. The van der Waals surface area contributed by atoms with Crippen molar-refractivity contribution in [3.8, 4) is 5.69 Å². The van der Waals surface area contributed by atoms with E-state index in [1.165, 1.54) is 0 Å². The number of likely N-dealkylation sites (tertiary alicyclic amines) is 1. The minimum absolute atomic E-state index is 0.229. The number of nitrogens with zero attached hydrogens (tertiary/aromatic N) is 5. The first-order valence-electron chi connectivity index (χ1n) is 11.2. The summed E-state index contributed by atoms with van der Waals surface area (Å²) in [5, 5.41) is 22.5. The number of fused-ring (bicyclic) bond motifs is 1. The number of aromatic nitrogens is 4. The molecule has 3 aliphatic heterocycles. The smallest absolute Gasteiger partial charge is 0.310 e. The number of ether oxygens (including phenoxy) is 1. The first-order valence-corrected chi connectivity index (χ1v) is 11.2. The molecule has 6 rings (SSSR count). The molecule has 2 aromatic carbocycles. The molecule has 5 atom stereocenters. The second-order valence-corrected chi connectivity index (χ2v) is 9.21. The van der Waals surface area contributed by atoms with Gasteiger partial charge in [0.15, 0.2) is 5.82 Å². The van der Waals surface area contributed by atoms with Crippen molar-refractivity contribution in [1.82, 2.24) is 25.1 Å². The van der Waals surface area contributed by atoms with Crippen molar-refractivity contribution >= 4 is 11.9 Å². The van der Waals surface area contributed by atoms with E-state index in [9.17, 15) is 14.7 Å². The van der Waals surface area contributed by atoms with Crippen LogP contribution in [0.25, 0.3) is 5.69 Å². The number of carbonyl (C=O) groups is 2. The van der Waals surface area contributed by atoms with Gasteiger partial charge in [0.05, 0.1) is 24.3 Å². The predicted octanol–water partition coefficient (Wildman–Crippen LogP) is 2.24. The average Bonchev–Trinajstić information content (AvgIpc) is 3.57. The third kappa shape index (κ3) is 2.80. The van der Waals surface area contributed by atoms with Crippen molar-refractivity contribution in [2.24, 2.45) is 11.8 Å². The van der Waals surface area contributed by atoms with Gasteiger partial charge in [-0.05, 0) is 41.0 Å². The number of hydrogen-bond acceptors (Lipinski definition) is 6. The summed E-state index contributed by atoms with van der Waals surface area (Å²) in [4.78, 5) is 27.6. The topological polar surface area (TPSA) is 110 Å². The largest absolute Gasteiger partial charge is 0.481 e. The summed E-state index contributed by atoms with van der Waals surface area (Å²) < 4.78 is 7.79. The van der Waals surface area contributed by atoms with E-state index in [0.29, 0.717) is 5.82 Å². The number of rotatable bonds is 5. The van der Waals surface area contributed by atoms with Crippen molar-refractivity contribution in [2.45, 2.75) is 31.6 Å². The molecule has 34 heavy (non-hydrogen) atoms. The van der Waals surface area contributed by atoms with Gasteiger partial charge < -0.3 is 14.7 Å². The lowest BCUT2D eigenvalue weighted by Gasteiger charge is -2.29. The van der Waals surface area contributed by atoms with Crippen LogP contribution in [0.1, 0.15) is 28.6 Å². The fourth-order valence-corrected chi connectivity index (χ4v) is 5.80. The molecule has 0 aliphatic carbocycles. The molecule has 1 amide bonds. The Labute approximate surface area is 195 Å². The van der Waals surface area contributed by atoms with Gasteiger partial charge >= 0.3 is 5.97 Å². The molecular formula is C25H23N5O4. The Kier molecular flexibility index (Phi) is 4.47. The van der Waals surface area contributed by atoms with Gasteiger partial charge in [-0.25, -0.2) is 0 Å². The molecular weight excluding hydrogens is 434 g/mol. The maximum Gasteiger partial charge on any atom is 0.310 e. The number of tetrazole rings is 1.